The molecular weight excluding hydrogens is 286 g/mol. The van der Waals surface area contributed by atoms with Crippen molar-refractivity contribution in [3.8, 4) is 0 Å². The summed E-state index contributed by atoms with van der Waals surface area (Å²) in [5, 5.41) is 3.60. The number of para-hydroxylation sites is 1. The topological polar surface area (TPSA) is 71.1 Å². The first kappa shape index (κ1) is 14.3. The molecule has 112 valence electrons. The highest BCUT2D eigenvalue weighted by Crippen LogP contribution is 2.25. The molecule has 0 saturated carbocycles. The van der Waals surface area contributed by atoms with E-state index in [-0.39, 0.29) is 5.25 Å². The van der Waals surface area contributed by atoms with Crippen LogP contribution >= 0.6 is 0 Å². The number of hydrogen-bond acceptors (Lipinski definition) is 4. The molecule has 1 unspecified atom stereocenters. The molecule has 6 heteroatoms. The van der Waals surface area contributed by atoms with E-state index in [2.05, 4.69) is 15.0 Å². The molecule has 3 rings (SSSR count). The zero-order chi connectivity index (χ0) is 14.9. The van der Waals surface area contributed by atoms with Crippen LogP contribution in [0.1, 0.15) is 18.5 Å². The predicted octanol–water partition coefficient (Wildman–Crippen LogP) is 2.04. The van der Waals surface area contributed by atoms with Crippen molar-refractivity contribution in [2.24, 2.45) is 0 Å². The lowest BCUT2D eigenvalue weighted by atomic mass is 10.2. The molecule has 0 amide bonds. The number of piperidine rings is 1. The predicted molar refractivity (Wildman–Crippen MR) is 84.9 cm³/mol. The fourth-order valence-corrected chi connectivity index (χ4v) is 4.17. The second-order valence-corrected chi connectivity index (χ2v) is 7.40. The highest BCUT2D eigenvalue weighted by molar-refractivity contribution is 7.93. The fourth-order valence-electron chi connectivity index (χ4n) is 2.71. The van der Waals surface area contributed by atoms with Gasteiger partial charge in [0.05, 0.1) is 16.5 Å². The zero-order valence-corrected chi connectivity index (χ0v) is 12.8. The smallest absolute Gasteiger partial charge is 0.236 e. The van der Waals surface area contributed by atoms with E-state index in [0.717, 1.165) is 29.6 Å². The largest absolute Gasteiger partial charge is 0.315 e. The lowest BCUT2D eigenvalue weighted by Gasteiger charge is -2.23. The van der Waals surface area contributed by atoms with Crippen LogP contribution in [0.3, 0.4) is 0 Å². The summed E-state index contributed by atoms with van der Waals surface area (Å²) in [4.78, 5) is 4.43. The minimum atomic E-state index is -3.38. The molecule has 2 N–H and O–H groups in total. The van der Waals surface area contributed by atoms with Gasteiger partial charge in [-0.15, -0.1) is 0 Å². The normalized spacial score (nSPS) is 19.6. The Kier molecular flexibility index (Phi) is 3.82. The van der Waals surface area contributed by atoms with E-state index in [1.54, 1.807) is 6.07 Å². The highest BCUT2D eigenvalue weighted by Gasteiger charge is 2.27. The monoisotopic (exact) mass is 305 g/mol. The van der Waals surface area contributed by atoms with Crippen LogP contribution in [0.15, 0.2) is 30.3 Å². The minimum absolute atomic E-state index is 0.376. The van der Waals surface area contributed by atoms with Gasteiger partial charge in [0.1, 0.15) is 0 Å². The van der Waals surface area contributed by atoms with E-state index >= 15 is 0 Å². The number of hydrogen-bond donors (Lipinski definition) is 2. The summed E-state index contributed by atoms with van der Waals surface area (Å²) in [5.74, 6) is 0. The summed E-state index contributed by atoms with van der Waals surface area (Å²) in [5.41, 5.74) is 2.22. The number of pyridine rings is 1. The Morgan fingerprint density at radius 2 is 2.14 bits per heavy atom. The maximum atomic E-state index is 12.5. The lowest BCUT2D eigenvalue weighted by molar-refractivity contribution is 0.499. The summed E-state index contributed by atoms with van der Waals surface area (Å²) in [6, 6.07) is 9.36. The Hall–Kier alpha value is -1.66. The SMILES string of the molecule is Cc1cc(NS(=O)(=O)C2CCCNC2)c2ccccc2n1. The second kappa shape index (κ2) is 5.61. The highest BCUT2D eigenvalue weighted by atomic mass is 32.2. The Morgan fingerprint density at radius 1 is 1.33 bits per heavy atom. The van der Waals surface area contributed by atoms with E-state index in [1.165, 1.54) is 0 Å². The van der Waals surface area contributed by atoms with Crippen LogP contribution < -0.4 is 10.0 Å². The molecule has 0 aliphatic carbocycles. The van der Waals surface area contributed by atoms with Gasteiger partial charge in [-0.2, -0.15) is 0 Å². The number of sulfonamides is 1. The van der Waals surface area contributed by atoms with Gasteiger partial charge >= 0.3 is 0 Å². The lowest BCUT2D eigenvalue weighted by Crippen LogP contribution is -2.41. The van der Waals surface area contributed by atoms with E-state index in [4.69, 9.17) is 0 Å². The van der Waals surface area contributed by atoms with Gasteiger partial charge < -0.3 is 5.32 Å². The van der Waals surface area contributed by atoms with Gasteiger partial charge in [-0.25, -0.2) is 8.42 Å². The summed E-state index contributed by atoms with van der Waals surface area (Å²) in [6.07, 6.45) is 1.59. The third-order valence-electron chi connectivity index (χ3n) is 3.79. The Morgan fingerprint density at radius 3 is 2.90 bits per heavy atom. The molecular formula is C15H19N3O2S. The first-order valence-electron chi connectivity index (χ1n) is 7.15. The molecule has 1 fully saturated rings. The van der Waals surface area contributed by atoms with E-state index in [1.807, 2.05) is 31.2 Å². The second-order valence-electron chi connectivity index (χ2n) is 5.44. The van der Waals surface area contributed by atoms with Gasteiger partial charge in [-0.1, -0.05) is 18.2 Å². The Balaban J connectivity index is 1.97. The average Bonchev–Trinajstić information content (AvgIpc) is 2.47. The van der Waals surface area contributed by atoms with Crippen LogP contribution in [0, 0.1) is 6.92 Å². The Labute approximate surface area is 124 Å². The van der Waals surface area contributed by atoms with Gasteiger partial charge in [0.25, 0.3) is 0 Å². The van der Waals surface area contributed by atoms with Gasteiger partial charge in [0.2, 0.25) is 10.0 Å². The van der Waals surface area contributed by atoms with Crippen LogP contribution in [-0.4, -0.2) is 31.7 Å². The quantitative estimate of drug-likeness (QED) is 0.910. The summed E-state index contributed by atoms with van der Waals surface area (Å²) < 4.78 is 27.8. The maximum absolute atomic E-state index is 12.5. The molecule has 1 aromatic heterocycles. The van der Waals surface area contributed by atoms with Gasteiger partial charge in [-0.3, -0.25) is 9.71 Å². The number of aromatic nitrogens is 1. The molecule has 1 saturated heterocycles. The van der Waals surface area contributed by atoms with Crippen molar-refractivity contribution in [3.63, 3.8) is 0 Å². The molecule has 21 heavy (non-hydrogen) atoms. The zero-order valence-electron chi connectivity index (χ0n) is 12.0. The van der Waals surface area contributed by atoms with Gasteiger partial charge in [-0.05, 0) is 38.4 Å². The number of fused-ring (bicyclic) bond motifs is 1. The van der Waals surface area contributed by atoms with Crippen LogP contribution in [0.25, 0.3) is 10.9 Å². The number of rotatable bonds is 3. The molecule has 1 aromatic carbocycles. The van der Waals surface area contributed by atoms with Crippen LogP contribution in [0.2, 0.25) is 0 Å². The van der Waals surface area contributed by atoms with Crippen molar-refractivity contribution in [2.75, 3.05) is 17.8 Å². The van der Waals surface area contributed by atoms with Crippen molar-refractivity contribution in [1.29, 1.82) is 0 Å². The van der Waals surface area contributed by atoms with Crippen molar-refractivity contribution >= 4 is 26.6 Å². The number of anilines is 1. The molecule has 0 spiro atoms. The molecule has 1 aliphatic rings. The number of aryl methyl sites for hydroxylation is 1. The van der Waals surface area contributed by atoms with Crippen LogP contribution in [-0.2, 0) is 10.0 Å². The average molecular weight is 305 g/mol. The van der Waals surface area contributed by atoms with Crippen molar-refractivity contribution in [3.05, 3.63) is 36.0 Å². The van der Waals surface area contributed by atoms with Crippen LogP contribution in [0.4, 0.5) is 5.69 Å². The number of nitrogens with one attached hydrogen (secondary N) is 2. The standard InChI is InChI=1S/C15H19N3O2S/c1-11-9-15(13-6-2-3-7-14(13)17-11)18-21(19,20)12-5-4-8-16-10-12/h2-3,6-7,9,12,16H,4-5,8,10H2,1H3,(H,17,18). The molecule has 0 radical (unpaired) electrons. The molecule has 1 atom stereocenters. The first-order chi connectivity index (χ1) is 10.1. The summed E-state index contributed by atoms with van der Waals surface area (Å²) >= 11 is 0. The molecule has 0 bridgehead atoms. The van der Waals surface area contributed by atoms with Crippen molar-refractivity contribution < 1.29 is 8.42 Å². The van der Waals surface area contributed by atoms with Crippen molar-refractivity contribution in [1.82, 2.24) is 10.3 Å². The van der Waals surface area contributed by atoms with E-state index in [9.17, 15) is 8.42 Å². The molecule has 5 nitrogen and oxygen atoms in total. The number of nitrogens with zero attached hydrogens (tertiary/aromatic N) is 1. The third kappa shape index (κ3) is 3.01. The molecule has 1 aliphatic heterocycles. The molecule has 2 heterocycles. The van der Waals surface area contributed by atoms with Crippen molar-refractivity contribution in [2.45, 2.75) is 25.0 Å². The number of benzene rings is 1. The first-order valence-corrected chi connectivity index (χ1v) is 8.69. The van der Waals surface area contributed by atoms with E-state index < -0.39 is 10.0 Å². The van der Waals surface area contributed by atoms with E-state index in [0.29, 0.717) is 18.7 Å². The summed E-state index contributed by atoms with van der Waals surface area (Å²) in [7, 11) is -3.38. The van der Waals surface area contributed by atoms with Crippen LogP contribution in [0.5, 0.6) is 0 Å². The fraction of sp³-hybridized carbons (Fsp3) is 0.400. The van der Waals surface area contributed by atoms with Gasteiger partial charge in [0, 0.05) is 17.6 Å². The van der Waals surface area contributed by atoms with Gasteiger partial charge in [0.15, 0.2) is 0 Å². The minimum Gasteiger partial charge on any atom is -0.315 e. The maximum Gasteiger partial charge on any atom is 0.236 e. The summed E-state index contributed by atoms with van der Waals surface area (Å²) in [6.45, 7) is 3.27. The molecule has 2 aromatic rings. The third-order valence-corrected chi connectivity index (χ3v) is 5.57. The Bertz CT molecular complexity index is 753.